The maximum absolute atomic E-state index is 11.6. The number of anilines is 1. The first-order valence-corrected chi connectivity index (χ1v) is 6.85. The molecule has 1 aromatic carbocycles. The minimum Gasteiger partial charge on any atom is -0.382 e. The van der Waals surface area contributed by atoms with Crippen LogP contribution in [0, 0.1) is 0 Å². The average Bonchev–Trinajstić information content (AvgIpc) is 2.36. The summed E-state index contributed by atoms with van der Waals surface area (Å²) in [5.74, 6) is -0.0336. The van der Waals surface area contributed by atoms with Gasteiger partial charge in [-0.1, -0.05) is 15.9 Å². The second-order valence-electron chi connectivity index (χ2n) is 3.78. The number of ether oxygens (including phenoxy) is 1. The zero-order chi connectivity index (χ0) is 13.2. The summed E-state index contributed by atoms with van der Waals surface area (Å²) in [5.41, 5.74) is 0.805. The van der Waals surface area contributed by atoms with Crippen molar-refractivity contribution < 1.29 is 9.53 Å². The second-order valence-corrected chi connectivity index (χ2v) is 4.70. The molecule has 4 nitrogen and oxygen atoms in total. The molecule has 0 unspecified atom stereocenters. The summed E-state index contributed by atoms with van der Waals surface area (Å²) in [4.78, 5) is 11.6. The van der Waals surface area contributed by atoms with Gasteiger partial charge in [0.1, 0.15) is 0 Å². The highest BCUT2D eigenvalue weighted by molar-refractivity contribution is 9.10. The van der Waals surface area contributed by atoms with Crippen LogP contribution < -0.4 is 10.6 Å². The van der Waals surface area contributed by atoms with Crippen LogP contribution in [0.4, 0.5) is 5.69 Å². The third kappa shape index (κ3) is 6.74. The molecule has 0 atom stereocenters. The molecule has 0 heterocycles. The number of carbonyl (C=O) groups is 1. The molecule has 5 heteroatoms. The fourth-order valence-electron chi connectivity index (χ4n) is 1.38. The van der Waals surface area contributed by atoms with E-state index in [-0.39, 0.29) is 5.91 Å². The third-order valence-electron chi connectivity index (χ3n) is 2.26. The van der Waals surface area contributed by atoms with Crippen molar-refractivity contribution in [2.45, 2.75) is 13.3 Å². The molecular weight excluding hydrogens is 296 g/mol. The van der Waals surface area contributed by atoms with Crippen molar-refractivity contribution in [2.24, 2.45) is 0 Å². The summed E-state index contributed by atoms with van der Waals surface area (Å²) in [6.45, 7) is 4.55. The van der Waals surface area contributed by atoms with E-state index in [9.17, 15) is 4.79 Å². The third-order valence-corrected chi connectivity index (χ3v) is 2.79. The number of benzene rings is 1. The van der Waals surface area contributed by atoms with Crippen molar-refractivity contribution in [1.29, 1.82) is 0 Å². The van der Waals surface area contributed by atoms with Crippen LogP contribution in [0.5, 0.6) is 0 Å². The fourth-order valence-corrected chi connectivity index (χ4v) is 1.65. The van der Waals surface area contributed by atoms with E-state index < -0.39 is 0 Å². The maximum atomic E-state index is 11.6. The first-order valence-electron chi connectivity index (χ1n) is 6.06. The van der Waals surface area contributed by atoms with Crippen molar-refractivity contribution in [1.82, 2.24) is 5.32 Å². The summed E-state index contributed by atoms with van der Waals surface area (Å²) in [7, 11) is 0. The molecule has 0 aliphatic heterocycles. The van der Waals surface area contributed by atoms with Crippen LogP contribution in [0.1, 0.15) is 13.3 Å². The van der Waals surface area contributed by atoms with Crippen LogP contribution in [0.25, 0.3) is 0 Å². The Morgan fingerprint density at radius 2 is 2.06 bits per heavy atom. The molecule has 0 saturated heterocycles. The smallest absolute Gasteiger partial charge is 0.238 e. The van der Waals surface area contributed by atoms with E-state index in [0.29, 0.717) is 6.54 Å². The Bertz CT molecular complexity index is 355. The molecule has 0 aromatic heterocycles. The molecule has 1 rings (SSSR count). The lowest BCUT2D eigenvalue weighted by atomic mass is 10.3. The highest BCUT2D eigenvalue weighted by Gasteiger charge is 2.01. The van der Waals surface area contributed by atoms with E-state index in [4.69, 9.17) is 4.74 Å². The van der Waals surface area contributed by atoms with Crippen LogP contribution in [0.15, 0.2) is 28.7 Å². The highest BCUT2D eigenvalue weighted by atomic mass is 79.9. The van der Waals surface area contributed by atoms with Crippen LogP contribution in [0.3, 0.4) is 0 Å². The Morgan fingerprint density at radius 3 is 2.72 bits per heavy atom. The SMILES string of the molecule is CCOCCCNCC(=O)Nc1ccc(Br)cc1. The van der Waals surface area contributed by atoms with Gasteiger partial charge in [0.25, 0.3) is 0 Å². The predicted octanol–water partition coefficient (Wildman–Crippen LogP) is 2.40. The number of hydrogen-bond acceptors (Lipinski definition) is 3. The van der Waals surface area contributed by atoms with Gasteiger partial charge in [-0.25, -0.2) is 0 Å². The largest absolute Gasteiger partial charge is 0.382 e. The Balaban J connectivity index is 2.12. The zero-order valence-electron chi connectivity index (χ0n) is 10.5. The molecule has 1 aromatic rings. The van der Waals surface area contributed by atoms with Gasteiger partial charge >= 0.3 is 0 Å². The molecule has 0 bridgehead atoms. The first kappa shape index (κ1) is 15.1. The molecule has 0 spiro atoms. The minimum absolute atomic E-state index is 0.0336. The molecule has 100 valence electrons. The van der Waals surface area contributed by atoms with Gasteiger partial charge < -0.3 is 15.4 Å². The molecule has 0 saturated carbocycles. The monoisotopic (exact) mass is 314 g/mol. The lowest BCUT2D eigenvalue weighted by molar-refractivity contribution is -0.115. The van der Waals surface area contributed by atoms with E-state index in [1.807, 2.05) is 31.2 Å². The van der Waals surface area contributed by atoms with Gasteiger partial charge in [0, 0.05) is 23.4 Å². The summed E-state index contributed by atoms with van der Waals surface area (Å²) in [6, 6.07) is 7.50. The number of halogens is 1. The van der Waals surface area contributed by atoms with Crippen LogP contribution in [0.2, 0.25) is 0 Å². The van der Waals surface area contributed by atoms with E-state index in [1.54, 1.807) is 0 Å². The predicted molar refractivity (Wildman–Crippen MR) is 76.8 cm³/mol. The number of hydrogen-bond donors (Lipinski definition) is 2. The number of carbonyl (C=O) groups excluding carboxylic acids is 1. The summed E-state index contributed by atoms with van der Waals surface area (Å²) in [5, 5.41) is 5.89. The van der Waals surface area contributed by atoms with E-state index in [0.717, 1.165) is 36.3 Å². The van der Waals surface area contributed by atoms with Crippen LogP contribution in [-0.2, 0) is 9.53 Å². The number of rotatable bonds is 8. The topological polar surface area (TPSA) is 50.4 Å². The second kappa shape index (κ2) is 9.08. The molecule has 1 amide bonds. The fraction of sp³-hybridized carbons (Fsp3) is 0.462. The van der Waals surface area contributed by atoms with Crippen molar-refractivity contribution in [3.63, 3.8) is 0 Å². The Kier molecular flexibility index (Phi) is 7.64. The lowest BCUT2D eigenvalue weighted by Crippen LogP contribution is -2.29. The zero-order valence-corrected chi connectivity index (χ0v) is 12.1. The first-order chi connectivity index (χ1) is 8.72. The lowest BCUT2D eigenvalue weighted by Gasteiger charge is -2.07. The average molecular weight is 315 g/mol. The highest BCUT2D eigenvalue weighted by Crippen LogP contribution is 2.13. The standard InChI is InChI=1S/C13H19BrN2O2/c1-2-18-9-3-8-15-10-13(17)16-12-6-4-11(14)5-7-12/h4-7,15H,2-3,8-10H2,1H3,(H,16,17). The molecule has 0 aliphatic carbocycles. The van der Waals surface area contributed by atoms with E-state index in [1.165, 1.54) is 0 Å². The van der Waals surface area contributed by atoms with Gasteiger partial charge in [-0.05, 0) is 44.2 Å². The van der Waals surface area contributed by atoms with E-state index in [2.05, 4.69) is 26.6 Å². The molecule has 0 radical (unpaired) electrons. The molecule has 0 fully saturated rings. The Labute approximate surface area is 116 Å². The number of amides is 1. The van der Waals surface area contributed by atoms with Crippen molar-refractivity contribution in [2.75, 3.05) is 31.6 Å². The van der Waals surface area contributed by atoms with Gasteiger partial charge in [0.15, 0.2) is 0 Å². The summed E-state index contributed by atoms with van der Waals surface area (Å²) in [6.07, 6.45) is 0.916. The number of nitrogens with one attached hydrogen (secondary N) is 2. The minimum atomic E-state index is -0.0336. The van der Waals surface area contributed by atoms with Crippen LogP contribution in [-0.4, -0.2) is 32.2 Å². The van der Waals surface area contributed by atoms with Gasteiger partial charge in [0.2, 0.25) is 5.91 Å². The van der Waals surface area contributed by atoms with Gasteiger partial charge in [0.05, 0.1) is 6.54 Å². The van der Waals surface area contributed by atoms with E-state index >= 15 is 0 Å². The maximum Gasteiger partial charge on any atom is 0.238 e. The molecule has 0 aliphatic rings. The van der Waals surface area contributed by atoms with Crippen molar-refractivity contribution in [3.05, 3.63) is 28.7 Å². The molecule has 18 heavy (non-hydrogen) atoms. The summed E-state index contributed by atoms with van der Waals surface area (Å²) >= 11 is 3.35. The Hall–Kier alpha value is -0.910. The van der Waals surface area contributed by atoms with Crippen LogP contribution >= 0.6 is 15.9 Å². The quantitative estimate of drug-likeness (QED) is 0.724. The van der Waals surface area contributed by atoms with Gasteiger partial charge in [-0.15, -0.1) is 0 Å². The summed E-state index contributed by atoms with van der Waals surface area (Å²) < 4.78 is 6.20. The van der Waals surface area contributed by atoms with Crippen molar-refractivity contribution >= 4 is 27.5 Å². The normalized spacial score (nSPS) is 10.3. The van der Waals surface area contributed by atoms with Gasteiger partial charge in [-0.2, -0.15) is 0 Å². The van der Waals surface area contributed by atoms with Crippen molar-refractivity contribution in [3.8, 4) is 0 Å². The molecular formula is C13H19BrN2O2. The van der Waals surface area contributed by atoms with Gasteiger partial charge in [-0.3, -0.25) is 4.79 Å². The Morgan fingerprint density at radius 1 is 1.33 bits per heavy atom. The molecule has 2 N–H and O–H groups in total.